The van der Waals surface area contributed by atoms with E-state index < -0.39 is 6.10 Å². The van der Waals surface area contributed by atoms with Crippen LogP contribution >= 0.6 is 11.6 Å². The highest BCUT2D eigenvalue weighted by molar-refractivity contribution is 6.30. The summed E-state index contributed by atoms with van der Waals surface area (Å²) in [5.41, 5.74) is 2.33. The molecule has 4 heteroatoms. The summed E-state index contributed by atoms with van der Waals surface area (Å²) in [6, 6.07) is 15.4. The van der Waals surface area contributed by atoms with E-state index in [9.17, 15) is 4.79 Å². The van der Waals surface area contributed by atoms with E-state index in [1.807, 2.05) is 55.5 Å². The van der Waals surface area contributed by atoms with Crippen LogP contribution in [0, 0.1) is 0 Å². The Hall–Kier alpha value is -2.00. The highest BCUT2D eigenvalue weighted by atomic mass is 35.5. The zero-order valence-electron chi connectivity index (χ0n) is 15.3. The number of hydrogen-bond donors (Lipinski definition) is 1. The molecule has 0 bridgehead atoms. The molecule has 0 aliphatic rings. The molecule has 1 N–H and O–H groups in total. The van der Waals surface area contributed by atoms with Crippen LogP contribution in [0.4, 0.5) is 0 Å². The normalized spacial score (nSPS) is 12.5. The van der Waals surface area contributed by atoms with Gasteiger partial charge in [-0.25, -0.2) is 0 Å². The lowest BCUT2D eigenvalue weighted by Gasteiger charge is -2.21. The third-order valence-corrected chi connectivity index (χ3v) is 4.29. The summed E-state index contributed by atoms with van der Waals surface area (Å²) < 4.78 is 5.87. The number of carbonyl (C=O) groups excluding carboxylic acids is 1. The maximum absolute atomic E-state index is 12.4. The van der Waals surface area contributed by atoms with E-state index in [1.165, 1.54) is 5.56 Å². The first kappa shape index (κ1) is 19.3. The number of carbonyl (C=O) groups is 1. The van der Waals surface area contributed by atoms with Gasteiger partial charge >= 0.3 is 0 Å². The van der Waals surface area contributed by atoms with Crippen LogP contribution in [0.5, 0.6) is 5.75 Å². The first-order valence-electron chi connectivity index (χ1n) is 8.59. The minimum atomic E-state index is -0.507. The van der Waals surface area contributed by atoms with Gasteiger partial charge in [0.2, 0.25) is 0 Å². The molecule has 0 heterocycles. The van der Waals surface area contributed by atoms with Crippen molar-refractivity contribution >= 4 is 17.5 Å². The van der Waals surface area contributed by atoms with Gasteiger partial charge in [0.25, 0.3) is 5.91 Å². The molecule has 0 unspecified atom stereocenters. The van der Waals surface area contributed by atoms with Crippen LogP contribution in [-0.2, 0) is 16.8 Å². The van der Waals surface area contributed by atoms with Crippen molar-refractivity contribution in [2.24, 2.45) is 0 Å². The Morgan fingerprint density at radius 1 is 1.08 bits per heavy atom. The third-order valence-electron chi connectivity index (χ3n) is 4.04. The summed E-state index contributed by atoms with van der Waals surface area (Å²) in [6.45, 7) is 8.90. The third kappa shape index (κ3) is 5.79. The van der Waals surface area contributed by atoms with Gasteiger partial charge in [-0.2, -0.15) is 0 Å². The van der Waals surface area contributed by atoms with Crippen molar-refractivity contribution in [2.45, 2.75) is 52.2 Å². The zero-order valence-corrected chi connectivity index (χ0v) is 16.1. The van der Waals surface area contributed by atoms with Crippen LogP contribution < -0.4 is 10.1 Å². The van der Waals surface area contributed by atoms with Gasteiger partial charge in [-0.3, -0.25) is 4.79 Å². The summed E-state index contributed by atoms with van der Waals surface area (Å²) in [5, 5.41) is 3.60. The summed E-state index contributed by atoms with van der Waals surface area (Å²) >= 11 is 5.87. The standard InChI is InChI=1S/C21H26ClNO2/c1-5-19(20(24)23-14-15-6-10-17(22)11-7-15)25-18-12-8-16(9-13-18)21(2,3)4/h6-13,19H,5,14H2,1-4H3,(H,23,24)/t19-/m1/s1. The number of rotatable bonds is 6. The van der Waals surface area contributed by atoms with Gasteiger partial charge < -0.3 is 10.1 Å². The number of benzene rings is 2. The second kappa shape index (κ2) is 8.39. The largest absolute Gasteiger partial charge is 0.481 e. The van der Waals surface area contributed by atoms with Crippen molar-refractivity contribution in [3.05, 3.63) is 64.7 Å². The molecular weight excluding hydrogens is 334 g/mol. The van der Waals surface area contributed by atoms with Gasteiger partial charge in [-0.1, -0.05) is 63.6 Å². The van der Waals surface area contributed by atoms with Gasteiger partial charge in [0.1, 0.15) is 5.75 Å². The Bertz CT molecular complexity index is 687. The Kier molecular flexibility index (Phi) is 6.49. The van der Waals surface area contributed by atoms with Crippen LogP contribution in [0.25, 0.3) is 0 Å². The lowest BCUT2D eigenvalue weighted by Crippen LogP contribution is -2.37. The molecule has 3 nitrogen and oxygen atoms in total. The van der Waals surface area contributed by atoms with Crippen molar-refractivity contribution < 1.29 is 9.53 Å². The predicted octanol–water partition coefficient (Wildman–Crippen LogP) is 5.11. The molecule has 1 amide bonds. The second-order valence-electron chi connectivity index (χ2n) is 7.13. The van der Waals surface area contributed by atoms with E-state index in [2.05, 4.69) is 26.1 Å². The smallest absolute Gasteiger partial charge is 0.261 e. The minimum absolute atomic E-state index is 0.0959. The molecular formula is C21H26ClNO2. The van der Waals surface area contributed by atoms with E-state index in [0.29, 0.717) is 23.7 Å². The lowest BCUT2D eigenvalue weighted by molar-refractivity contribution is -0.128. The Morgan fingerprint density at radius 3 is 2.20 bits per heavy atom. The van der Waals surface area contributed by atoms with E-state index in [4.69, 9.17) is 16.3 Å². The van der Waals surface area contributed by atoms with Crippen LogP contribution in [0.2, 0.25) is 5.02 Å². The summed E-state index contributed by atoms with van der Waals surface area (Å²) in [5.74, 6) is 0.596. The van der Waals surface area contributed by atoms with Gasteiger partial charge in [-0.05, 0) is 47.2 Å². The number of halogens is 1. The highest BCUT2D eigenvalue weighted by Gasteiger charge is 2.19. The summed E-state index contributed by atoms with van der Waals surface area (Å²) in [6.07, 6.45) is 0.0980. The fourth-order valence-corrected chi connectivity index (χ4v) is 2.55. The summed E-state index contributed by atoms with van der Waals surface area (Å²) in [4.78, 5) is 12.4. The van der Waals surface area contributed by atoms with Gasteiger partial charge in [0, 0.05) is 11.6 Å². The van der Waals surface area contributed by atoms with Crippen molar-refractivity contribution in [1.82, 2.24) is 5.32 Å². The zero-order chi connectivity index (χ0) is 18.4. The molecule has 25 heavy (non-hydrogen) atoms. The molecule has 0 saturated heterocycles. The van der Waals surface area contributed by atoms with Crippen LogP contribution in [0.1, 0.15) is 45.2 Å². The predicted molar refractivity (Wildman–Crippen MR) is 103 cm³/mol. The van der Waals surface area contributed by atoms with Gasteiger partial charge in [0.15, 0.2) is 6.10 Å². The molecule has 0 aromatic heterocycles. The van der Waals surface area contributed by atoms with Crippen LogP contribution in [-0.4, -0.2) is 12.0 Å². The molecule has 0 aliphatic carbocycles. The number of amides is 1. The first-order chi connectivity index (χ1) is 11.8. The molecule has 0 aliphatic heterocycles. The molecule has 0 fully saturated rings. The van der Waals surface area contributed by atoms with Crippen molar-refractivity contribution in [3.8, 4) is 5.75 Å². The Morgan fingerprint density at radius 2 is 1.68 bits per heavy atom. The Labute approximate surface area is 155 Å². The van der Waals surface area contributed by atoms with E-state index in [0.717, 1.165) is 5.56 Å². The quantitative estimate of drug-likeness (QED) is 0.778. The average molecular weight is 360 g/mol. The molecule has 0 radical (unpaired) electrons. The number of hydrogen-bond acceptors (Lipinski definition) is 2. The molecule has 2 aromatic carbocycles. The van der Waals surface area contributed by atoms with Gasteiger partial charge in [0.05, 0.1) is 0 Å². The lowest BCUT2D eigenvalue weighted by atomic mass is 9.87. The fraction of sp³-hybridized carbons (Fsp3) is 0.381. The Balaban J connectivity index is 1.94. The maximum Gasteiger partial charge on any atom is 0.261 e. The molecule has 0 spiro atoms. The van der Waals surface area contributed by atoms with Crippen molar-refractivity contribution in [2.75, 3.05) is 0 Å². The first-order valence-corrected chi connectivity index (χ1v) is 8.96. The van der Waals surface area contributed by atoms with Gasteiger partial charge in [-0.15, -0.1) is 0 Å². The molecule has 0 saturated carbocycles. The van der Waals surface area contributed by atoms with Crippen molar-refractivity contribution in [1.29, 1.82) is 0 Å². The van der Waals surface area contributed by atoms with E-state index in [1.54, 1.807) is 0 Å². The van der Waals surface area contributed by atoms with Crippen LogP contribution in [0.3, 0.4) is 0 Å². The molecule has 1 atom stereocenters. The average Bonchev–Trinajstić information content (AvgIpc) is 2.58. The minimum Gasteiger partial charge on any atom is -0.481 e. The number of nitrogens with one attached hydrogen (secondary N) is 1. The fourth-order valence-electron chi connectivity index (χ4n) is 2.43. The van der Waals surface area contributed by atoms with E-state index >= 15 is 0 Å². The second-order valence-corrected chi connectivity index (χ2v) is 7.57. The number of ether oxygens (including phenoxy) is 1. The molecule has 2 rings (SSSR count). The summed E-state index contributed by atoms with van der Waals surface area (Å²) in [7, 11) is 0. The molecule has 134 valence electrons. The maximum atomic E-state index is 12.4. The van der Waals surface area contributed by atoms with Crippen molar-refractivity contribution in [3.63, 3.8) is 0 Å². The topological polar surface area (TPSA) is 38.3 Å². The van der Waals surface area contributed by atoms with E-state index in [-0.39, 0.29) is 11.3 Å². The SMILES string of the molecule is CC[C@@H](Oc1ccc(C(C)(C)C)cc1)C(=O)NCc1ccc(Cl)cc1. The molecule has 2 aromatic rings. The monoisotopic (exact) mass is 359 g/mol. The highest BCUT2D eigenvalue weighted by Crippen LogP contribution is 2.25. The van der Waals surface area contributed by atoms with Crippen LogP contribution in [0.15, 0.2) is 48.5 Å².